The molecule has 0 atom stereocenters. The van der Waals surface area contributed by atoms with Crippen molar-refractivity contribution in [3.8, 4) is 33.6 Å². The van der Waals surface area contributed by atoms with Gasteiger partial charge in [0.15, 0.2) is 0 Å². The molecule has 0 saturated heterocycles. The van der Waals surface area contributed by atoms with Crippen LogP contribution in [0.1, 0.15) is 11.1 Å². The Morgan fingerprint density at radius 1 is 0.615 bits per heavy atom. The molecule has 0 saturated carbocycles. The van der Waals surface area contributed by atoms with E-state index in [0.717, 1.165) is 74.1 Å². The molecule has 3 N–H and O–H groups in total. The summed E-state index contributed by atoms with van der Waals surface area (Å²) in [5.41, 5.74) is 10.4. The van der Waals surface area contributed by atoms with Crippen molar-refractivity contribution in [1.82, 2.24) is 35.5 Å². The van der Waals surface area contributed by atoms with Crippen LogP contribution >= 0.6 is 0 Å². The molecule has 0 fully saturated rings. The number of aromatic nitrogens is 6. The van der Waals surface area contributed by atoms with Gasteiger partial charge in [-0.25, -0.2) is 0 Å². The standard InChI is InChI=1S/C32H25N7/c1-2-5-21(6-3-1)14-34-15-22-11-25(18-35-16-22)23-8-9-29-27(12-23)32(39-38-29)30-13-26-28(19-36-20-31(26)37-30)24-7-4-10-33-17-24/h1-13,16-20,34,37H,14-15H2,(H,38,39). The van der Waals surface area contributed by atoms with E-state index in [2.05, 4.69) is 90.0 Å². The van der Waals surface area contributed by atoms with Gasteiger partial charge in [0.1, 0.15) is 5.69 Å². The predicted octanol–water partition coefficient (Wildman–Crippen LogP) is 6.52. The maximum Gasteiger partial charge on any atom is 0.116 e. The van der Waals surface area contributed by atoms with Crippen LogP contribution in [0.25, 0.3) is 55.4 Å². The van der Waals surface area contributed by atoms with Crippen molar-refractivity contribution in [2.45, 2.75) is 13.1 Å². The van der Waals surface area contributed by atoms with E-state index >= 15 is 0 Å². The van der Waals surface area contributed by atoms with Crippen LogP contribution in [0.4, 0.5) is 0 Å². The highest BCUT2D eigenvalue weighted by Gasteiger charge is 2.15. The second-order valence-electron chi connectivity index (χ2n) is 9.58. The zero-order valence-corrected chi connectivity index (χ0v) is 21.1. The SMILES string of the molecule is c1ccc(CNCc2cncc(-c3ccc4[nH]nc(-c5cc6c(-c7cccnc7)cncc6[nH]5)c4c3)c2)cc1. The van der Waals surface area contributed by atoms with Gasteiger partial charge in [-0.2, -0.15) is 5.10 Å². The molecule has 0 spiro atoms. The maximum atomic E-state index is 4.67. The number of nitrogens with zero attached hydrogens (tertiary/aromatic N) is 4. The number of H-pyrrole nitrogens is 2. The molecule has 7 nitrogen and oxygen atoms in total. The van der Waals surface area contributed by atoms with Crippen LogP contribution in [0.5, 0.6) is 0 Å². The first-order valence-corrected chi connectivity index (χ1v) is 12.9. The molecule has 188 valence electrons. The summed E-state index contributed by atoms with van der Waals surface area (Å²) in [7, 11) is 0. The van der Waals surface area contributed by atoms with Crippen LogP contribution in [0, 0.1) is 0 Å². The lowest BCUT2D eigenvalue weighted by Gasteiger charge is -2.08. The molecule has 5 aromatic heterocycles. The number of benzene rings is 2. The molecule has 0 aliphatic rings. The first-order chi connectivity index (χ1) is 19.3. The van der Waals surface area contributed by atoms with Gasteiger partial charge in [-0.3, -0.25) is 20.1 Å². The first kappa shape index (κ1) is 23.0. The average molecular weight is 508 g/mol. The number of hydrogen-bond donors (Lipinski definition) is 3. The van der Waals surface area contributed by atoms with Crippen molar-refractivity contribution in [1.29, 1.82) is 0 Å². The molecular weight excluding hydrogens is 482 g/mol. The van der Waals surface area contributed by atoms with Gasteiger partial charge in [-0.15, -0.1) is 0 Å². The van der Waals surface area contributed by atoms with Crippen LogP contribution in [0.2, 0.25) is 0 Å². The fraction of sp³-hybridized carbons (Fsp3) is 0.0625. The Balaban J connectivity index is 1.20. The molecule has 7 rings (SSSR count). The summed E-state index contributed by atoms with van der Waals surface area (Å²) in [6.45, 7) is 1.56. The van der Waals surface area contributed by atoms with Gasteiger partial charge >= 0.3 is 0 Å². The Bertz CT molecular complexity index is 1890. The zero-order chi connectivity index (χ0) is 26.0. The van der Waals surface area contributed by atoms with Crippen molar-refractivity contribution in [2.75, 3.05) is 0 Å². The van der Waals surface area contributed by atoms with Crippen molar-refractivity contribution in [3.63, 3.8) is 0 Å². The van der Waals surface area contributed by atoms with Gasteiger partial charge in [0.05, 0.1) is 22.9 Å². The lowest BCUT2D eigenvalue weighted by atomic mass is 10.0. The van der Waals surface area contributed by atoms with Gasteiger partial charge < -0.3 is 10.3 Å². The highest BCUT2D eigenvalue weighted by atomic mass is 15.1. The molecule has 0 amide bonds. The largest absolute Gasteiger partial charge is 0.352 e. The number of hydrogen-bond acceptors (Lipinski definition) is 5. The second-order valence-corrected chi connectivity index (χ2v) is 9.58. The van der Waals surface area contributed by atoms with E-state index in [4.69, 9.17) is 0 Å². The zero-order valence-electron chi connectivity index (χ0n) is 21.1. The monoisotopic (exact) mass is 507 g/mol. The summed E-state index contributed by atoms with van der Waals surface area (Å²) < 4.78 is 0. The van der Waals surface area contributed by atoms with Crippen LogP contribution in [0.3, 0.4) is 0 Å². The number of rotatable bonds is 7. The third-order valence-corrected chi connectivity index (χ3v) is 6.97. The molecular formula is C32H25N7. The predicted molar refractivity (Wildman–Crippen MR) is 155 cm³/mol. The molecule has 0 bridgehead atoms. The van der Waals surface area contributed by atoms with E-state index in [9.17, 15) is 0 Å². The molecule has 7 heteroatoms. The summed E-state index contributed by atoms with van der Waals surface area (Å²) in [6.07, 6.45) is 11.2. The van der Waals surface area contributed by atoms with Gasteiger partial charge in [0, 0.05) is 71.5 Å². The normalized spacial score (nSPS) is 11.4. The first-order valence-electron chi connectivity index (χ1n) is 12.9. The van der Waals surface area contributed by atoms with E-state index in [1.165, 1.54) is 5.56 Å². The van der Waals surface area contributed by atoms with Crippen molar-refractivity contribution in [2.24, 2.45) is 0 Å². The number of aromatic amines is 2. The molecule has 39 heavy (non-hydrogen) atoms. The van der Waals surface area contributed by atoms with E-state index in [1.54, 1.807) is 6.20 Å². The third kappa shape index (κ3) is 4.56. The minimum atomic E-state index is 0.747. The minimum absolute atomic E-state index is 0.747. The van der Waals surface area contributed by atoms with Gasteiger partial charge in [0.25, 0.3) is 0 Å². The second kappa shape index (κ2) is 9.96. The Morgan fingerprint density at radius 3 is 2.38 bits per heavy atom. The Morgan fingerprint density at radius 2 is 1.49 bits per heavy atom. The van der Waals surface area contributed by atoms with Crippen LogP contribution < -0.4 is 5.32 Å². The van der Waals surface area contributed by atoms with E-state index in [1.807, 2.05) is 49.2 Å². The fourth-order valence-corrected chi connectivity index (χ4v) is 5.02. The molecule has 0 aliphatic carbocycles. The molecule has 5 heterocycles. The van der Waals surface area contributed by atoms with Crippen LogP contribution in [-0.4, -0.2) is 30.1 Å². The summed E-state index contributed by atoms with van der Waals surface area (Å²) >= 11 is 0. The topological polar surface area (TPSA) is 95.2 Å². The lowest BCUT2D eigenvalue weighted by molar-refractivity contribution is 0.691. The lowest BCUT2D eigenvalue weighted by Crippen LogP contribution is -2.12. The summed E-state index contributed by atoms with van der Waals surface area (Å²) in [5.74, 6) is 0. The van der Waals surface area contributed by atoms with Crippen molar-refractivity contribution in [3.05, 3.63) is 121 Å². The van der Waals surface area contributed by atoms with Gasteiger partial charge in [-0.1, -0.05) is 42.5 Å². The Kier molecular flexibility index (Phi) is 5.88. The van der Waals surface area contributed by atoms with Gasteiger partial charge in [-0.05, 0) is 47.0 Å². The molecule has 2 aromatic carbocycles. The molecule has 0 unspecified atom stereocenters. The smallest absolute Gasteiger partial charge is 0.116 e. The highest BCUT2D eigenvalue weighted by molar-refractivity contribution is 6.01. The van der Waals surface area contributed by atoms with E-state index in [-0.39, 0.29) is 0 Å². The average Bonchev–Trinajstić information content (AvgIpc) is 3.62. The third-order valence-electron chi connectivity index (χ3n) is 6.97. The minimum Gasteiger partial charge on any atom is -0.352 e. The summed E-state index contributed by atoms with van der Waals surface area (Å²) in [6, 6.07) is 25.1. The molecule has 7 aromatic rings. The van der Waals surface area contributed by atoms with Crippen LogP contribution in [-0.2, 0) is 13.1 Å². The number of nitrogens with one attached hydrogen (secondary N) is 3. The number of fused-ring (bicyclic) bond motifs is 2. The maximum absolute atomic E-state index is 4.67. The Labute approximate surface area is 225 Å². The van der Waals surface area contributed by atoms with Crippen molar-refractivity contribution >= 4 is 21.8 Å². The van der Waals surface area contributed by atoms with Gasteiger partial charge in [0.2, 0.25) is 0 Å². The van der Waals surface area contributed by atoms with Crippen molar-refractivity contribution < 1.29 is 0 Å². The van der Waals surface area contributed by atoms with E-state index < -0.39 is 0 Å². The van der Waals surface area contributed by atoms with E-state index in [0.29, 0.717) is 0 Å². The molecule has 0 aliphatic heterocycles. The fourth-order valence-electron chi connectivity index (χ4n) is 5.02. The number of pyridine rings is 3. The van der Waals surface area contributed by atoms with Crippen LogP contribution in [0.15, 0.2) is 110 Å². The summed E-state index contributed by atoms with van der Waals surface area (Å²) in [5, 5.41) is 13.5. The molecule has 0 radical (unpaired) electrons. The Hall–Kier alpha value is -5.14. The highest BCUT2D eigenvalue weighted by Crippen LogP contribution is 2.34. The summed E-state index contributed by atoms with van der Waals surface area (Å²) in [4.78, 5) is 16.8. The quantitative estimate of drug-likeness (QED) is 0.228.